The molecular weight excluding hydrogens is 456 g/mol. The third-order valence-electron chi connectivity index (χ3n) is 6.24. The van der Waals surface area contributed by atoms with Crippen LogP contribution < -0.4 is 19.1 Å². The Balaban J connectivity index is 1.32. The molecule has 0 atom stereocenters. The predicted molar refractivity (Wildman–Crippen MR) is 132 cm³/mol. The summed E-state index contributed by atoms with van der Waals surface area (Å²) in [4.78, 5) is 16.5. The average molecular weight is 489 g/mol. The average Bonchev–Trinajstić information content (AvgIpc) is 3.25. The lowest BCUT2D eigenvalue weighted by atomic mass is 10.1. The molecule has 1 aromatic carbocycles. The van der Waals surface area contributed by atoms with Gasteiger partial charge >= 0.3 is 0 Å². The van der Waals surface area contributed by atoms with Gasteiger partial charge in [-0.15, -0.1) is 0 Å². The molecule has 0 saturated carbocycles. The third kappa shape index (κ3) is 5.43. The highest BCUT2D eigenvalue weighted by Crippen LogP contribution is 2.33. The van der Waals surface area contributed by atoms with E-state index in [1.165, 1.54) is 18.9 Å². The van der Waals surface area contributed by atoms with Crippen molar-refractivity contribution in [3.05, 3.63) is 41.9 Å². The van der Waals surface area contributed by atoms with Crippen molar-refractivity contribution in [1.29, 1.82) is 0 Å². The molecule has 4 rings (SSSR count). The largest absolute Gasteiger partial charge is 0.489 e. The van der Waals surface area contributed by atoms with Crippen molar-refractivity contribution in [3.8, 4) is 11.6 Å². The summed E-state index contributed by atoms with van der Waals surface area (Å²) in [5.41, 5.74) is 3.04. The van der Waals surface area contributed by atoms with E-state index in [2.05, 4.69) is 29.5 Å². The second-order valence-electron chi connectivity index (χ2n) is 8.33. The fourth-order valence-electron chi connectivity index (χ4n) is 4.39. The monoisotopic (exact) mass is 488 g/mol. The van der Waals surface area contributed by atoms with E-state index in [4.69, 9.17) is 9.47 Å². The second kappa shape index (κ2) is 10.6. The number of nitrogens with one attached hydrogen (secondary N) is 2. The van der Waals surface area contributed by atoms with Crippen LogP contribution in [0.3, 0.4) is 0 Å². The van der Waals surface area contributed by atoms with Gasteiger partial charge in [0, 0.05) is 43.3 Å². The Morgan fingerprint density at radius 2 is 1.91 bits per heavy atom. The summed E-state index contributed by atoms with van der Waals surface area (Å²) < 4.78 is 37.0. The number of aromatic nitrogens is 3. The molecule has 1 aliphatic rings. The third-order valence-corrected chi connectivity index (χ3v) is 7.58. The highest BCUT2D eigenvalue weighted by molar-refractivity contribution is 7.88. The molecule has 3 heterocycles. The van der Waals surface area contributed by atoms with Gasteiger partial charge in [0.1, 0.15) is 6.33 Å². The van der Waals surface area contributed by atoms with Gasteiger partial charge in [0.2, 0.25) is 15.8 Å². The molecule has 1 aliphatic heterocycles. The van der Waals surface area contributed by atoms with Crippen LogP contribution in [0.25, 0.3) is 10.9 Å². The van der Waals surface area contributed by atoms with Gasteiger partial charge in [0.05, 0.1) is 20.0 Å². The summed E-state index contributed by atoms with van der Waals surface area (Å²) in [6.45, 7) is 4.59. The molecule has 0 spiro atoms. The van der Waals surface area contributed by atoms with E-state index < -0.39 is 10.0 Å². The van der Waals surface area contributed by atoms with E-state index in [-0.39, 0.29) is 5.75 Å². The van der Waals surface area contributed by atoms with Crippen LogP contribution in [0, 0.1) is 0 Å². The zero-order valence-electron chi connectivity index (χ0n) is 19.9. The summed E-state index contributed by atoms with van der Waals surface area (Å²) in [6.07, 6.45) is 5.49. The van der Waals surface area contributed by atoms with Crippen LogP contribution in [0.2, 0.25) is 0 Å². The van der Waals surface area contributed by atoms with E-state index in [1.807, 2.05) is 24.4 Å². The first-order valence-corrected chi connectivity index (χ1v) is 13.0. The van der Waals surface area contributed by atoms with Crippen LogP contribution >= 0.6 is 0 Å². The minimum absolute atomic E-state index is 0.0165. The summed E-state index contributed by atoms with van der Waals surface area (Å²) in [5, 5.41) is 1.10. The Labute approximate surface area is 200 Å². The highest BCUT2D eigenvalue weighted by Gasteiger charge is 2.23. The van der Waals surface area contributed by atoms with Gasteiger partial charge in [-0.1, -0.05) is 6.07 Å². The van der Waals surface area contributed by atoms with E-state index in [1.54, 1.807) is 14.2 Å². The molecule has 0 radical (unpaired) electrons. The number of rotatable bonds is 10. The van der Waals surface area contributed by atoms with Crippen LogP contribution in [-0.4, -0.2) is 82.3 Å². The Morgan fingerprint density at radius 1 is 1.12 bits per heavy atom. The van der Waals surface area contributed by atoms with Gasteiger partial charge in [-0.05, 0) is 49.7 Å². The number of hydrogen-bond acceptors (Lipinski definition) is 8. The van der Waals surface area contributed by atoms with Gasteiger partial charge < -0.3 is 19.4 Å². The first-order valence-electron chi connectivity index (χ1n) is 11.3. The zero-order valence-corrected chi connectivity index (χ0v) is 20.7. The summed E-state index contributed by atoms with van der Waals surface area (Å²) in [6, 6.07) is 5.80. The predicted octanol–water partition coefficient (Wildman–Crippen LogP) is 1.78. The molecule has 11 heteroatoms. The summed E-state index contributed by atoms with van der Waals surface area (Å²) in [5.74, 6) is 1.76. The van der Waals surface area contributed by atoms with Crippen LogP contribution in [0.1, 0.15) is 17.5 Å². The normalized spacial score (nSPS) is 15.1. The van der Waals surface area contributed by atoms with Crippen LogP contribution in [-0.2, 0) is 22.2 Å². The lowest BCUT2D eigenvalue weighted by Gasteiger charge is -2.35. The van der Waals surface area contributed by atoms with E-state index in [9.17, 15) is 8.42 Å². The highest BCUT2D eigenvalue weighted by atomic mass is 32.2. The van der Waals surface area contributed by atoms with Gasteiger partial charge in [-0.2, -0.15) is 4.98 Å². The molecule has 1 fully saturated rings. The maximum absolute atomic E-state index is 11.9. The minimum Gasteiger partial charge on any atom is -0.489 e. The van der Waals surface area contributed by atoms with Crippen molar-refractivity contribution in [2.24, 2.45) is 0 Å². The van der Waals surface area contributed by atoms with E-state index in [0.29, 0.717) is 11.6 Å². The first-order chi connectivity index (χ1) is 16.4. The summed E-state index contributed by atoms with van der Waals surface area (Å²) in [7, 11) is 1.33. The van der Waals surface area contributed by atoms with Crippen LogP contribution in [0.4, 0.5) is 5.82 Å². The molecule has 1 saturated heterocycles. The number of aromatic amines is 1. The number of piperazine rings is 1. The lowest BCUT2D eigenvalue weighted by molar-refractivity contribution is 0.253. The van der Waals surface area contributed by atoms with Crippen molar-refractivity contribution in [2.75, 3.05) is 58.9 Å². The van der Waals surface area contributed by atoms with Crippen molar-refractivity contribution < 1.29 is 17.9 Å². The SMILES string of the molecule is CNS(=O)(=O)Cc1ccc2[nH]cc(CCCN3CCN(c4ncnc(OC)c4OC)CC3)c2c1. The Bertz CT molecular complexity index is 1220. The van der Waals surface area contributed by atoms with Gasteiger partial charge in [-0.25, -0.2) is 18.1 Å². The van der Waals surface area contributed by atoms with E-state index in [0.717, 1.165) is 67.8 Å². The topological polar surface area (TPSA) is 113 Å². The molecule has 184 valence electrons. The number of sulfonamides is 1. The minimum atomic E-state index is -3.30. The Kier molecular flexibility index (Phi) is 7.54. The summed E-state index contributed by atoms with van der Waals surface area (Å²) >= 11 is 0. The van der Waals surface area contributed by atoms with Crippen LogP contribution in [0.15, 0.2) is 30.7 Å². The molecule has 3 aromatic rings. The van der Waals surface area contributed by atoms with Gasteiger partial charge in [0.25, 0.3) is 5.88 Å². The Morgan fingerprint density at radius 3 is 2.62 bits per heavy atom. The number of ether oxygens (including phenoxy) is 2. The molecule has 2 N–H and O–H groups in total. The maximum atomic E-state index is 11.9. The molecule has 0 unspecified atom stereocenters. The smallest absolute Gasteiger partial charge is 0.262 e. The number of H-pyrrole nitrogens is 1. The number of nitrogens with zero attached hydrogens (tertiary/aromatic N) is 4. The molecule has 10 nitrogen and oxygen atoms in total. The fourth-order valence-corrected chi connectivity index (χ4v) is 5.15. The molecule has 0 bridgehead atoms. The number of hydrogen-bond donors (Lipinski definition) is 2. The van der Waals surface area contributed by atoms with Gasteiger partial charge in [0.15, 0.2) is 5.82 Å². The fraction of sp³-hybridized carbons (Fsp3) is 0.478. The second-order valence-corrected chi connectivity index (χ2v) is 10.3. The quantitative estimate of drug-likeness (QED) is 0.444. The van der Waals surface area contributed by atoms with Crippen molar-refractivity contribution in [3.63, 3.8) is 0 Å². The lowest BCUT2D eigenvalue weighted by Crippen LogP contribution is -2.47. The maximum Gasteiger partial charge on any atom is 0.262 e. The molecule has 2 aromatic heterocycles. The molecule has 0 amide bonds. The molecule has 34 heavy (non-hydrogen) atoms. The van der Waals surface area contributed by atoms with Crippen LogP contribution in [0.5, 0.6) is 11.6 Å². The zero-order chi connectivity index (χ0) is 24.1. The number of methoxy groups -OCH3 is 2. The first kappa shape index (κ1) is 24.2. The van der Waals surface area contributed by atoms with E-state index >= 15 is 0 Å². The number of benzene rings is 1. The molecular formula is C23H32N6O4S. The number of fused-ring (bicyclic) bond motifs is 1. The van der Waals surface area contributed by atoms with Crippen molar-refractivity contribution in [2.45, 2.75) is 18.6 Å². The Hall–Kier alpha value is -2.89. The molecule has 0 aliphatic carbocycles. The number of anilines is 1. The van der Waals surface area contributed by atoms with Crippen molar-refractivity contribution in [1.82, 2.24) is 24.6 Å². The standard InChI is InChI=1S/C23H32N6O4S/c1-24-34(30,31)15-17-6-7-20-19(13-17)18(14-25-20)5-4-8-28-9-11-29(12-10-28)22-21(32-2)23(33-3)27-16-26-22/h6-7,13-14,16,24-25H,4-5,8-12,15H2,1-3H3. The number of aryl methyl sites for hydroxylation is 1. The van der Waals surface area contributed by atoms with Gasteiger partial charge in [-0.3, -0.25) is 4.90 Å². The van der Waals surface area contributed by atoms with Crippen molar-refractivity contribution >= 4 is 26.7 Å².